The number of fused-ring (bicyclic) bond motifs is 4. The van der Waals surface area contributed by atoms with Crippen molar-refractivity contribution in [3.05, 3.63) is 88.6 Å². The van der Waals surface area contributed by atoms with Crippen LogP contribution in [-0.2, 0) is 4.79 Å². The molecule has 0 amide bonds. The predicted molar refractivity (Wildman–Crippen MR) is 111 cm³/mol. The lowest BCUT2D eigenvalue weighted by atomic mass is 9.83. The number of allylic oxidation sites excluding steroid dienone is 1. The summed E-state index contributed by atoms with van der Waals surface area (Å²) in [7, 11) is 0. The fourth-order valence-corrected chi connectivity index (χ4v) is 4.26. The summed E-state index contributed by atoms with van der Waals surface area (Å²) < 4.78 is 22.7. The Morgan fingerprint density at radius 1 is 0.935 bits per heavy atom. The van der Waals surface area contributed by atoms with Gasteiger partial charge in [-0.25, -0.2) is 0 Å². The highest BCUT2D eigenvalue weighted by molar-refractivity contribution is 6.15. The number of carbonyl (C=O) groups is 2. The first-order chi connectivity index (χ1) is 15.2. The molecule has 3 aliphatic heterocycles. The van der Waals surface area contributed by atoms with Crippen molar-refractivity contribution in [3.8, 4) is 17.2 Å². The van der Waals surface area contributed by atoms with Gasteiger partial charge in [0.15, 0.2) is 5.76 Å². The van der Waals surface area contributed by atoms with E-state index < -0.39 is 0 Å². The van der Waals surface area contributed by atoms with Crippen molar-refractivity contribution in [2.24, 2.45) is 0 Å². The van der Waals surface area contributed by atoms with Crippen LogP contribution in [0, 0.1) is 0 Å². The van der Waals surface area contributed by atoms with Crippen LogP contribution in [0.2, 0.25) is 0 Å². The molecule has 1 aromatic heterocycles. The molecule has 3 aliphatic rings. The van der Waals surface area contributed by atoms with Gasteiger partial charge in [-0.2, -0.15) is 0 Å². The van der Waals surface area contributed by atoms with Gasteiger partial charge in [0.05, 0.1) is 18.2 Å². The molecule has 0 N–H and O–H groups in total. The average Bonchev–Trinajstić information content (AvgIpc) is 3.41. The Kier molecular flexibility index (Phi) is 3.86. The number of hydrogen-bond acceptors (Lipinski definition) is 6. The van der Waals surface area contributed by atoms with E-state index in [1.54, 1.807) is 30.3 Å². The normalized spacial score (nSPS) is 20.2. The van der Waals surface area contributed by atoms with E-state index in [0.29, 0.717) is 35.0 Å². The number of Topliss-reactive ketones (excluding diaryl/α,β-unsaturated/α-hetero) is 1. The predicted octanol–water partition coefficient (Wildman–Crippen LogP) is 4.76. The third kappa shape index (κ3) is 2.87. The van der Waals surface area contributed by atoms with E-state index >= 15 is 0 Å². The summed E-state index contributed by atoms with van der Waals surface area (Å²) in [6.45, 7) is 0.348. The minimum atomic E-state index is -0.326. The molecule has 31 heavy (non-hydrogen) atoms. The molecule has 6 nitrogen and oxygen atoms in total. The first-order valence-corrected chi connectivity index (χ1v) is 9.95. The summed E-state index contributed by atoms with van der Waals surface area (Å²) in [5, 5.41) is 0. The lowest BCUT2D eigenvalue weighted by molar-refractivity contribution is -0.135. The number of hydrogen-bond donors (Lipinski definition) is 0. The molecule has 152 valence electrons. The molecule has 4 heterocycles. The van der Waals surface area contributed by atoms with Gasteiger partial charge in [0.1, 0.15) is 29.6 Å². The number of esters is 1. The van der Waals surface area contributed by atoms with Gasteiger partial charge in [-0.1, -0.05) is 18.2 Å². The maximum atomic E-state index is 12.9. The molecule has 6 rings (SSSR count). The topological polar surface area (TPSA) is 75.0 Å². The van der Waals surface area contributed by atoms with Crippen molar-refractivity contribution in [1.29, 1.82) is 0 Å². The third-order valence-electron chi connectivity index (χ3n) is 5.70. The molecule has 6 heteroatoms. The standard InChI is InChI=1S/C25H16O6/c26-22-12-18(15-10-14-4-1-2-6-19(14)29-13-15)23-20(30-22)8-7-17-24(27)21(31-25(17)23)11-16-5-3-9-28-16/h1-11,18H,12-13H2/b21-11-. The maximum Gasteiger partial charge on any atom is 0.312 e. The maximum absolute atomic E-state index is 12.9. The summed E-state index contributed by atoms with van der Waals surface area (Å²) >= 11 is 0. The van der Waals surface area contributed by atoms with Crippen LogP contribution in [0.1, 0.15) is 39.6 Å². The molecule has 0 spiro atoms. The van der Waals surface area contributed by atoms with Crippen LogP contribution in [-0.4, -0.2) is 18.4 Å². The summed E-state index contributed by atoms with van der Waals surface area (Å²) in [6, 6.07) is 14.5. The second-order valence-corrected chi connectivity index (χ2v) is 7.59. The van der Waals surface area contributed by atoms with Gasteiger partial charge >= 0.3 is 5.97 Å². The van der Waals surface area contributed by atoms with Crippen molar-refractivity contribution in [2.75, 3.05) is 6.61 Å². The Morgan fingerprint density at radius 3 is 2.71 bits per heavy atom. The Labute approximate surface area is 177 Å². The molecule has 1 unspecified atom stereocenters. The van der Waals surface area contributed by atoms with E-state index in [4.69, 9.17) is 18.6 Å². The zero-order chi connectivity index (χ0) is 20.9. The van der Waals surface area contributed by atoms with Crippen LogP contribution in [0.4, 0.5) is 0 Å². The number of ether oxygens (including phenoxy) is 3. The van der Waals surface area contributed by atoms with E-state index in [9.17, 15) is 9.59 Å². The monoisotopic (exact) mass is 412 g/mol. The number of para-hydroxylation sites is 1. The van der Waals surface area contributed by atoms with Crippen LogP contribution in [0.15, 0.2) is 70.5 Å². The Morgan fingerprint density at radius 2 is 1.84 bits per heavy atom. The van der Waals surface area contributed by atoms with Crippen molar-refractivity contribution in [2.45, 2.75) is 12.3 Å². The highest BCUT2D eigenvalue weighted by Crippen LogP contribution is 2.50. The molecular weight excluding hydrogens is 396 g/mol. The highest BCUT2D eigenvalue weighted by Gasteiger charge is 2.39. The largest absolute Gasteiger partial charge is 0.489 e. The third-order valence-corrected chi connectivity index (χ3v) is 5.70. The lowest BCUT2D eigenvalue weighted by Gasteiger charge is -2.29. The zero-order valence-electron chi connectivity index (χ0n) is 16.3. The van der Waals surface area contributed by atoms with Gasteiger partial charge in [-0.3, -0.25) is 9.59 Å². The van der Waals surface area contributed by atoms with Crippen LogP contribution < -0.4 is 14.2 Å². The molecule has 0 aliphatic carbocycles. The van der Waals surface area contributed by atoms with Crippen LogP contribution >= 0.6 is 0 Å². The molecule has 3 aromatic rings. The molecular formula is C25H16O6. The SMILES string of the molecule is O=C1CC(C2=Cc3ccccc3OC2)c2c(ccc3c2O/C(=C\c2ccco2)C3=O)O1. The summed E-state index contributed by atoms with van der Waals surface area (Å²) in [6.07, 6.45) is 5.29. The van der Waals surface area contributed by atoms with E-state index in [2.05, 4.69) is 0 Å². The van der Waals surface area contributed by atoms with Gasteiger partial charge in [0.2, 0.25) is 5.78 Å². The van der Waals surface area contributed by atoms with E-state index in [-0.39, 0.29) is 29.9 Å². The zero-order valence-corrected chi connectivity index (χ0v) is 16.3. The van der Waals surface area contributed by atoms with Gasteiger partial charge in [0, 0.05) is 23.1 Å². The minimum Gasteiger partial charge on any atom is -0.489 e. The summed E-state index contributed by atoms with van der Waals surface area (Å²) in [4.78, 5) is 25.3. The minimum absolute atomic E-state index is 0.148. The number of rotatable bonds is 2. The number of ketones is 1. The van der Waals surface area contributed by atoms with Gasteiger partial charge < -0.3 is 18.6 Å². The van der Waals surface area contributed by atoms with Crippen LogP contribution in [0.3, 0.4) is 0 Å². The molecule has 0 bridgehead atoms. The molecule has 0 saturated heterocycles. The van der Waals surface area contributed by atoms with Crippen molar-refractivity contribution in [1.82, 2.24) is 0 Å². The first-order valence-electron chi connectivity index (χ1n) is 9.95. The van der Waals surface area contributed by atoms with E-state index in [1.165, 1.54) is 6.26 Å². The van der Waals surface area contributed by atoms with Crippen molar-refractivity contribution in [3.63, 3.8) is 0 Å². The number of carbonyl (C=O) groups excluding carboxylic acids is 2. The van der Waals surface area contributed by atoms with Gasteiger partial charge in [-0.05, 0) is 42.0 Å². The molecule has 0 saturated carbocycles. The quantitative estimate of drug-likeness (QED) is 0.343. The molecule has 0 radical (unpaired) electrons. The Balaban J connectivity index is 1.46. The van der Waals surface area contributed by atoms with E-state index in [0.717, 1.165) is 16.9 Å². The molecule has 2 aromatic carbocycles. The molecule has 1 atom stereocenters. The highest BCUT2D eigenvalue weighted by atomic mass is 16.5. The van der Waals surface area contributed by atoms with Crippen LogP contribution in [0.5, 0.6) is 17.2 Å². The summed E-state index contributed by atoms with van der Waals surface area (Å²) in [5.74, 6) is 1.47. The Hall–Kier alpha value is -4.06. The first kappa shape index (κ1) is 17.8. The van der Waals surface area contributed by atoms with Gasteiger partial charge in [0.25, 0.3) is 0 Å². The fourth-order valence-electron chi connectivity index (χ4n) is 4.26. The summed E-state index contributed by atoms with van der Waals surface area (Å²) in [5.41, 5.74) is 3.02. The van der Waals surface area contributed by atoms with Crippen molar-refractivity contribution < 1.29 is 28.2 Å². The number of benzene rings is 2. The average molecular weight is 412 g/mol. The van der Waals surface area contributed by atoms with Crippen molar-refractivity contribution >= 4 is 23.9 Å². The number of furan rings is 1. The molecule has 0 fully saturated rings. The van der Waals surface area contributed by atoms with E-state index in [1.807, 2.05) is 30.3 Å². The fraction of sp³-hybridized carbons (Fsp3) is 0.120. The van der Waals surface area contributed by atoms with Crippen LogP contribution in [0.25, 0.3) is 12.2 Å². The second-order valence-electron chi connectivity index (χ2n) is 7.59. The van der Waals surface area contributed by atoms with Gasteiger partial charge in [-0.15, -0.1) is 0 Å². The lowest BCUT2D eigenvalue weighted by Crippen LogP contribution is -2.24. The Bertz CT molecular complexity index is 1300. The smallest absolute Gasteiger partial charge is 0.312 e. The second kappa shape index (κ2) is 6.74.